The SMILES string of the molecule is NNc1nccc(SCC2CCCC2)n1. The molecule has 0 atom stereocenters. The third-order valence-corrected chi connectivity index (χ3v) is 3.86. The molecule has 15 heavy (non-hydrogen) atoms. The van der Waals surface area contributed by atoms with Crippen LogP contribution in [0.1, 0.15) is 25.7 Å². The number of hydrogen-bond donors (Lipinski definition) is 2. The van der Waals surface area contributed by atoms with Gasteiger partial charge in [-0.05, 0) is 24.8 Å². The van der Waals surface area contributed by atoms with E-state index in [9.17, 15) is 0 Å². The second kappa shape index (κ2) is 5.32. The number of nitrogens with one attached hydrogen (secondary N) is 1. The Kier molecular flexibility index (Phi) is 3.80. The van der Waals surface area contributed by atoms with Gasteiger partial charge in [0.1, 0.15) is 5.03 Å². The van der Waals surface area contributed by atoms with Gasteiger partial charge in [0.25, 0.3) is 0 Å². The molecule has 5 heteroatoms. The first-order chi connectivity index (χ1) is 7.38. The Balaban J connectivity index is 1.86. The van der Waals surface area contributed by atoms with Gasteiger partial charge in [-0.15, -0.1) is 11.8 Å². The van der Waals surface area contributed by atoms with E-state index in [0.29, 0.717) is 5.95 Å². The molecule has 1 aromatic heterocycles. The van der Waals surface area contributed by atoms with E-state index < -0.39 is 0 Å². The van der Waals surface area contributed by atoms with Crippen molar-refractivity contribution < 1.29 is 0 Å². The van der Waals surface area contributed by atoms with Crippen LogP contribution in [0.4, 0.5) is 5.95 Å². The summed E-state index contributed by atoms with van der Waals surface area (Å²) in [5.41, 5.74) is 2.46. The Bertz CT molecular complexity index is 312. The minimum Gasteiger partial charge on any atom is -0.292 e. The van der Waals surface area contributed by atoms with Crippen LogP contribution in [0.25, 0.3) is 0 Å². The molecule has 0 aromatic carbocycles. The van der Waals surface area contributed by atoms with Gasteiger partial charge in [-0.25, -0.2) is 15.8 Å². The highest BCUT2D eigenvalue weighted by Gasteiger charge is 2.15. The van der Waals surface area contributed by atoms with Crippen LogP contribution in [0.3, 0.4) is 0 Å². The minimum atomic E-state index is 0.492. The number of thioether (sulfide) groups is 1. The number of nitrogen functional groups attached to an aromatic ring is 1. The molecule has 3 N–H and O–H groups in total. The number of nitrogens with two attached hydrogens (primary N) is 1. The summed E-state index contributed by atoms with van der Waals surface area (Å²) in [6, 6.07) is 1.93. The smallest absolute Gasteiger partial charge is 0.238 e. The van der Waals surface area contributed by atoms with Gasteiger partial charge in [0.2, 0.25) is 5.95 Å². The molecular weight excluding hydrogens is 208 g/mol. The quantitative estimate of drug-likeness (QED) is 0.355. The van der Waals surface area contributed by atoms with Crippen LogP contribution < -0.4 is 11.3 Å². The lowest BCUT2D eigenvalue weighted by Gasteiger charge is -2.07. The Morgan fingerprint density at radius 1 is 1.47 bits per heavy atom. The lowest BCUT2D eigenvalue weighted by molar-refractivity contribution is 0.623. The lowest BCUT2D eigenvalue weighted by Crippen LogP contribution is -2.10. The molecule has 0 unspecified atom stereocenters. The maximum Gasteiger partial charge on any atom is 0.238 e. The summed E-state index contributed by atoms with van der Waals surface area (Å²) in [6.07, 6.45) is 7.27. The topological polar surface area (TPSA) is 63.8 Å². The van der Waals surface area contributed by atoms with Gasteiger partial charge >= 0.3 is 0 Å². The first-order valence-corrected chi connectivity index (χ1v) is 6.29. The van der Waals surface area contributed by atoms with Crippen LogP contribution in [0.5, 0.6) is 0 Å². The molecule has 0 spiro atoms. The standard InChI is InChI=1S/C10H16N4S/c11-14-10-12-6-5-9(13-10)15-7-8-3-1-2-4-8/h5-6,8H,1-4,7,11H2,(H,12,13,14). The molecule has 1 aliphatic rings. The number of anilines is 1. The van der Waals surface area contributed by atoms with E-state index in [0.717, 1.165) is 10.9 Å². The zero-order chi connectivity index (χ0) is 10.5. The first kappa shape index (κ1) is 10.7. The number of rotatable bonds is 4. The molecular formula is C10H16N4S. The van der Waals surface area contributed by atoms with Crippen molar-refractivity contribution in [2.75, 3.05) is 11.2 Å². The van der Waals surface area contributed by atoms with Gasteiger partial charge in [0.05, 0.1) is 0 Å². The van der Waals surface area contributed by atoms with Gasteiger partial charge in [-0.3, -0.25) is 5.43 Å². The van der Waals surface area contributed by atoms with Crippen molar-refractivity contribution in [1.82, 2.24) is 9.97 Å². The maximum atomic E-state index is 5.25. The highest BCUT2D eigenvalue weighted by atomic mass is 32.2. The van der Waals surface area contributed by atoms with Crippen molar-refractivity contribution in [2.24, 2.45) is 11.8 Å². The van der Waals surface area contributed by atoms with Crippen molar-refractivity contribution in [3.05, 3.63) is 12.3 Å². The molecule has 0 amide bonds. The van der Waals surface area contributed by atoms with E-state index in [2.05, 4.69) is 15.4 Å². The lowest BCUT2D eigenvalue weighted by atomic mass is 10.1. The second-order valence-electron chi connectivity index (χ2n) is 3.82. The Labute approximate surface area is 94.0 Å². The van der Waals surface area contributed by atoms with Crippen LogP contribution in [0.15, 0.2) is 17.3 Å². The molecule has 0 bridgehead atoms. The summed E-state index contributed by atoms with van der Waals surface area (Å²) in [7, 11) is 0. The number of hydrazine groups is 1. The summed E-state index contributed by atoms with van der Waals surface area (Å²) in [6.45, 7) is 0. The molecule has 82 valence electrons. The number of hydrogen-bond acceptors (Lipinski definition) is 5. The van der Waals surface area contributed by atoms with E-state index in [4.69, 9.17) is 5.84 Å². The van der Waals surface area contributed by atoms with E-state index in [1.54, 1.807) is 18.0 Å². The fourth-order valence-electron chi connectivity index (χ4n) is 1.87. The van der Waals surface area contributed by atoms with Crippen molar-refractivity contribution >= 4 is 17.7 Å². The summed E-state index contributed by atoms with van der Waals surface area (Å²) < 4.78 is 0. The van der Waals surface area contributed by atoms with Gasteiger partial charge in [0, 0.05) is 11.9 Å². The van der Waals surface area contributed by atoms with Crippen molar-refractivity contribution in [3.63, 3.8) is 0 Å². The molecule has 0 saturated heterocycles. The third-order valence-electron chi connectivity index (χ3n) is 2.70. The van der Waals surface area contributed by atoms with E-state index in [1.807, 2.05) is 6.07 Å². The molecule has 4 nitrogen and oxygen atoms in total. The Morgan fingerprint density at radius 3 is 3.00 bits per heavy atom. The molecule has 2 rings (SSSR count). The summed E-state index contributed by atoms with van der Waals surface area (Å²) >= 11 is 1.80. The van der Waals surface area contributed by atoms with Gasteiger partial charge in [-0.2, -0.15) is 0 Å². The second-order valence-corrected chi connectivity index (χ2v) is 4.86. The van der Waals surface area contributed by atoms with Crippen LogP contribution >= 0.6 is 11.8 Å². The highest BCUT2D eigenvalue weighted by Crippen LogP contribution is 2.30. The van der Waals surface area contributed by atoms with Crippen LogP contribution in [0, 0.1) is 5.92 Å². The van der Waals surface area contributed by atoms with Gasteiger partial charge in [-0.1, -0.05) is 12.8 Å². The van der Waals surface area contributed by atoms with Crippen molar-refractivity contribution in [1.29, 1.82) is 0 Å². The van der Waals surface area contributed by atoms with E-state index >= 15 is 0 Å². The highest BCUT2D eigenvalue weighted by molar-refractivity contribution is 7.99. The molecule has 1 heterocycles. The minimum absolute atomic E-state index is 0.492. The summed E-state index contributed by atoms with van der Waals surface area (Å²) in [5, 5.41) is 1.00. The van der Waals surface area contributed by atoms with E-state index in [1.165, 1.54) is 31.4 Å². The third kappa shape index (κ3) is 3.07. The molecule has 1 fully saturated rings. The van der Waals surface area contributed by atoms with Gasteiger partial charge < -0.3 is 0 Å². The molecule has 1 aliphatic carbocycles. The average Bonchev–Trinajstić information content (AvgIpc) is 2.79. The normalized spacial score (nSPS) is 16.9. The predicted molar refractivity (Wildman–Crippen MR) is 62.5 cm³/mol. The monoisotopic (exact) mass is 224 g/mol. The average molecular weight is 224 g/mol. The van der Waals surface area contributed by atoms with Crippen LogP contribution in [0.2, 0.25) is 0 Å². The zero-order valence-electron chi connectivity index (χ0n) is 8.65. The fraction of sp³-hybridized carbons (Fsp3) is 0.600. The Morgan fingerprint density at radius 2 is 2.27 bits per heavy atom. The van der Waals surface area contributed by atoms with Crippen LogP contribution in [-0.2, 0) is 0 Å². The van der Waals surface area contributed by atoms with Crippen molar-refractivity contribution in [2.45, 2.75) is 30.7 Å². The zero-order valence-corrected chi connectivity index (χ0v) is 9.46. The molecule has 0 radical (unpaired) electrons. The van der Waals surface area contributed by atoms with Gasteiger partial charge in [0.15, 0.2) is 0 Å². The van der Waals surface area contributed by atoms with E-state index in [-0.39, 0.29) is 0 Å². The maximum absolute atomic E-state index is 5.25. The summed E-state index contributed by atoms with van der Waals surface area (Å²) in [4.78, 5) is 8.25. The Hall–Kier alpha value is -0.810. The fourth-order valence-corrected chi connectivity index (χ4v) is 2.92. The molecule has 1 aromatic rings. The predicted octanol–water partition coefficient (Wildman–Crippen LogP) is 2.04. The molecule has 0 aliphatic heterocycles. The number of nitrogens with zero attached hydrogens (tertiary/aromatic N) is 2. The first-order valence-electron chi connectivity index (χ1n) is 5.31. The number of aromatic nitrogens is 2. The van der Waals surface area contributed by atoms with Crippen molar-refractivity contribution in [3.8, 4) is 0 Å². The van der Waals surface area contributed by atoms with Crippen LogP contribution in [-0.4, -0.2) is 15.7 Å². The molecule has 1 saturated carbocycles. The summed E-state index contributed by atoms with van der Waals surface area (Å²) in [5.74, 6) is 7.79. The largest absolute Gasteiger partial charge is 0.292 e.